The third-order valence-electron chi connectivity index (χ3n) is 4.19. The summed E-state index contributed by atoms with van der Waals surface area (Å²) < 4.78 is 46.4. The van der Waals surface area contributed by atoms with Gasteiger partial charge in [-0.2, -0.15) is 13.2 Å². The second kappa shape index (κ2) is 8.46. The van der Waals surface area contributed by atoms with Crippen molar-refractivity contribution in [3.8, 4) is 5.75 Å². The summed E-state index contributed by atoms with van der Waals surface area (Å²) in [6, 6.07) is 10.4. The Morgan fingerprint density at radius 3 is 2.33 bits per heavy atom. The number of ketones is 2. The molecule has 156 valence electrons. The summed E-state index contributed by atoms with van der Waals surface area (Å²) in [5.74, 6) is -3.45. The molecule has 0 saturated carbocycles. The fourth-order valence-corrected chi connectivity index (χ4v) is 3.18. The Hall–Kier alpha value is -2.89. The third-order valence-corrected chi connectivity index (χ3v) is 4.91. The number of carboxylic acids is 1. The van der Waals surface area contributed by atoms with Gasteiger partial charge in [0.05, 0.1) is 17.7 Å². The van der Waals surface area contributed by atoms with Gasteiger partial charge in [-0.3, -0.25) is 9.59 Å². The Bertz CT molecular complexity index is 1140. The largest absolute Gasteiger partial charge is 0.486 e. The molecular weight excluding hydrogens is 518 g/mol. The maximum atomic E-state index is 13.0. The van der Waals surface area contributed by atoms with Crippen LogP contribution in [-0.4, -0.2) is 40.0 Å². The summed E-state index contributed by atoms with van der Waals surface area (Å²) in [6.45, 7) is -0.672. The van der Waals surface area contributed by atoms with Gasteiger partial charge in [-0.05, 0) is 65.1 Å². The fraction of sp³-hybridized carbons (Fsp3) is 0.150. The predicted molar refractivity (Wildman–Crippen MR) is 109 cm³/mol. The molecule has 0 radical (unpaired) electrons. The van der Waals surface area contributed by atoms with E-state index in [1.54, 1.807) is 24.3 Å². The van der Waals surface area contributed by atoms with Crippen LogP contribution in [0.1, 0.15) is 20.7 Å². The van der Waals surface area contributed by atoms with Crippen LogP contribution in [0.3, 0.4) is 0 Å². The van der Waals surface area contributed by atoms with Gasteiger partial charge in [0.1, 0.15) is 12.4 Å². The molecule has 0 atom stereocenters. The van der Waals surface area contributed by atoms with Crippen LogP contribution >= 0.6 is 22.6 Å². The molecule has 1 aromatic heterocycles. The first-order chi connectivity index (χ1) is 14.1. The number of hydrogen-bond acceptors (Lipinski definition) is 4. The molecule has 30 heavy (non-hydrogen) atoms. The number of alkyl halides is 3. The highest BCUT2D eigenvalue weighted by Gasteiger charge is 2.41. The molecule has 1 heterocycles. The summed E-state index contributed by atoms with van der Waals surface area (Å²) in [4.78, 5) is 35.3. The highest BCUT2D eigenvalue weighted by Crippen LogP contribution is 2.29. The van der Waals surface area contributed by atoms with Gasteiger partial charge in [-0.15, -0.1) is 0 Å². The number of ether oxygens (including phenoxy) is 1. The van der Waals surface area contributed by atoms with Gasteiger partial charge in [0, 0.05) is 20.7 Å². The molecule has 0 spiro atoms. The molecule has 0 aliphatic carbocycles. The van der Waals surface area contributed by atoms with Crippen molar-refractivity contribution in [3.63, 3.8) is 0 Å². The molecule has 0 fully saturated rings. The lowest BCUT2D eigenvalue weighted by atomic mass is 10.1. The SMILES string of the molecule is O=C(COc1ccc(I)cc1)Cn1cc(C(=O)C(F)(F)F)c2cc(C(=O)O)ccc21. The van der Waals surface area contributed by atoms with E-state index in [0.717, 1.165) is 15.8 Å². The van der Waals surface area contributed by atoms with Crippen molar-refractivity contribution in [3.05, 3.63) is 63.4 Å². The molecule has 0 saturated heterocycles. The first-order valence-electron chi connectivity index (χ1n) is 8.44. The lowest BCUT2D eigenvalue weighted by Crippen LogP contribution is -2.22. The van der Waals surface area contributed by atoms with E-state index in [4.69, 9.17) is 9.84 Å². The average molecular weight is 531 g/mol. The van der Waals surface area contributed by atoms with E-state index in [2.05, 4.69) is 22.6 Å². The van der Waals surface area contributed by atoms with E-state index in [9.17, 15) is 27.6 Å². The smallest absolute Gasteiger partial charge is 0.454 e. The number of halogens is 4. The van der Waals surface area contributed by atoms with Crippen LogP contribution in [0.25, 0.3) is 10.9 Å². The number of aromatic carboxylic acids is 1. The van der Waals surface area contributed by atoms with Gasteiger partial charge in [-0.25, -0.2) is 4.79 Å². The zero-order valence-electron chi connectivity index (χ0n) is 15.1. The zero-order valence-corrected chi connectivity index (χ0v) is 17.2. The van der Waals surface area contributed by atoms with E-state index in [0.29, 0.717) is 5.75 Å². The number of hydrogen-bond donors (Lipinski definition) is 1. The van der Waals surface area contributed by atoms with E-state index >= 15 is 0 Å². The minimum atomic E-state index is -5.14. The highest BCUT2D eigenvalue weighted by molar-refractivity contribution is 14.1. The quantitative estimate of drug-likeness (QED) is 0.363. The summed E-state index contributed by atoms with van der Waals surface area (Å²) in [6.07, 6.45) is -4.23. The number of Topliss-reactive ketones (excluding diaryl/α,β-unsaturated/α-hetero) is 2. The van der Waals surface area contributed by atoms with Crippen molar-refractivity contribution >= 4 is 51.0 Å². The minimum Gasteiger partial charge on any atom is -0.486 e. The van der Waals surface area contributed by atoms with Crippen molar-refractivity contribution < 1.29 is 37.4 Å². The number of nitrogens with zero attached hydrogens (tertiary/aromatic N) is 1. The Morgan fingerprint density at radius 2 is 1.73 bits per heavy atom. The molecule has 0 aliphatic heterocycles. The number of rotatable bonds is 7. The molecule has 3 aromatic rings. The number of carboxylic acid groups (broad SMARTS) is 1. The molecular formula is C20H13F3INO5. The standard InChI is InChI=1S/C20H13F3INO5/c21-20(22,23)18(27)16-9-25(17-6-1-11(19(28)29)7-15(16)17)8-13(26)10-30-14-4-2-12(24)3-5-14/h1-7,9H,8,10H2,(H,28,29). The second-order valence-corrected chi connectivity index (χ2v) is 7.56. The van der Waals surface area contributed by atoms with Gasteiger partial charge in [0.15, 0.2) is 5.78 Å². The van der Waals surface area contributed by atoms with Crippen LogP contribution < -0.4 is 4.74 Å². The van der Waals surface area contributed by atoms with Crippen molar-refractivity contribution in [2.75, 3.05) is 6.61 Å². The van der Waals surface area contributed by atoms with E-state index in [-0.39, 0.29) is 29.6 Å². The molecule has 0 unspecified atom stereocenters. The summed E-state index contributed by atoms with van der Waals surface area (Å²) in [5.41, 5.74) is -0.855. The van der Waals surface area contributed by atoms with Crippen LogP contribution in [0.4, 0.5) is 13.2 Å². The van der Waals surface area contributed by atoms with Crippen LogP contribution in [0.2, 0.25) is 0 Å². The van der Waals surface area contributed by atoms with Crippen molar-refractivity contribution in [1.82, 2.24) is 4.57 Å². The molecule has 0 aliphatic rings. The lowest BCUT2D eigenvalue weighted by molar-refractivity contribution is -0.121. The third kappa shape index (κ3) is 4.81. The normalized spacial score (nSPS) is 11.5. The Kier molecular flexibility index (Phi) is 6.15. The van der Waals surface area contributed by atoms with Crippen LogP contribution in [0.5, 0.6) is 5.75 Å². The number of benzene rings is 2. The first-order valence-corrected chi connectivity index (χ1v) is 9.52. The molecule has 0 bridgehead atoms. The Morgan fingerprint density at radius 1 is 1.07 bits per heavy atom. The summed E-state index contributed by atoms with van der Waals surface area (Å²) >= 11 is 2.11. The van der Waals surface area contributed by atoms with Gasteiger partial charge < -0.3 is 14.4 Å². The number of fused-ring (bicyclic) bond motifs is 1. The Balaban J connectivity index is 1.89. The molecule has 2 aromatic carbocycles. The predicted octanol–water partition coefficient (Wildman–Crippen LogP) is 4.34. The van der Waals surface area contributed by atoms with Gasteiger partial charge >= 0.3 is 12.1 Å². The molecule has 10 heteroatoms. The van der Waals surface area contributed by atoms with Crippen molar-refractivity contribution in [1.29, 1.82) is 0 Å². The average Bonchev–Trinajstić information content (AvgIpc) is 3.03. The fourth-order valence-electron chi connectivity index (χ4n) is 2.82. The van der Waals surface area contributed by atoms with Crippen LogP contribution in [0.15, 0.2) is 48.7 Å². The summed E-state index contributed by atoms with van der Waals surface area (Å²) in [7, 11) is 0. The highest BCUT2D eigenvalue weighted by atomic mass is 127. The number of carbonyl (C=O) groups is 3. The van der Waals surface area contributed by atoms with Crippen molar-refractivity contribution in [2.45, 2.75) is 12.7 Å². The zero-order chi connectivity index (χ0) is 22.1. The van der Waals surface area contributed by atoms with Crippen molar-refractivity contribution in [2.24, 2.45) is 0 Å². The molecule has 1 N–H and O–H groups in total. The number of carbonyl (C=O) groups excluding carboxylic acids is 2. The molecule has 3 rings (SSSR count). The van der Waals surface area contributed by atoms with E-state index in [1.807, 2.05) is 0 Å². The van der Waals surface area contributed by atoms with Gasteiger partial charge in [0.25, 0.3) is 5.78 Å². The first kappa shape index (κ1) is 21.8. The maximum absolute atomic E-state index is 13.0. The number of aromatic nitrogens is 1. The molecule has 0 amide bonds. The maximum Gasteiger partial charge on any atom is 0.454 e. The molecule has 6 nitrogen and oxygen atoms in total. The van der Waals surface area contributed by atoms with E-state index < -0.39 is 29.3 Å². The monoisotopic (exact) mass is 531 g/mol. The topological polar surface area (TPSA) is 85.6 Å². The summed E-state index contributed by atoms with van der Waals surface area (Å²) in [5, 5.41) is 8.90. The second-order valence-electron chi connectivity index (χ2n) is 6.32. The van der Waals surface area contributed by atoms with Crippen LogP contribution in [-0.2, 0) is 11.3 Å². The van der Waals surface area contributed by atoms with E-state index in [1.165, 1.54) is 16.7 Å². The Labute approximate surface area is 181 Å². The lowest BCUT2D eigenvalue weighted by Gasteiger charge is -2.07. The van der Waals surface area contributed by atoms with Crippen LogP contribution in [0, 0.1) is 3.57 Å². The minimum absolute atomic E-state index is 0.134. The van der Waals surface area contributed by atoms with Gasteiger partial charge in [0.2, 0.25) is 0 Å². The van der Waals surface area contributed by atoms with Gasteiger partial charge in [-0.1, -0.05) is 0 Å².